The molecule has 0 radical (unpaired) electrons. The van der Waals surface area contributed by atoms with Gasteiger partial charge in [-0.15, -0.1) is 0 Å². The van der Waals surface area contributed by atoms with Crippen molar-refractivity contribution >= 4 is 17.5 Å². The average Bonchev–Trinajstić information content (AvgIpc) is 3.48. The Morgan fingerprint density at radius 3 is 2.32 bits per heavy atom. The van der Waals surface area contributed by atoms with Gasteiger partial charge in [0.05, 0.1) is 11.7 Å². The highest BCUT2D eigenvalue weighted by Gasteiger charge is 2.29. The minimum Gasteiger partial charge on any atom is -0.338 e. The van der Waals surface area contributed by atoms with Gasteiger partial charge in [-0.1, -0.05) is 11.6 Å². The third kappa shape index (κ3) is 3.47. The second-order valence-corrected chi connectivity index (χ2v) is 7.28. The lowest BCUT2D eigenvalue weighted by Gasteiger charge is -2.32. The Balaban J connectivity index is 1.44. The van der Waals surface area contributed by atoms with E-state index in [-0.39, 0.29) is 17.5 Å². The van der Waals surface area contributed by atoms with E-state index in [1.807, 2.05) is 11.0 Å². The summed E-state index contributed by atoms with van der Waals surface area (Å²) in [6, 6.07) is 10.5. The summed E-state index contributed by atoms with van der Waals surface area (Å²) < 4.78 is 1.64. The minimum atomic E-state index is -0.0492. The van der Waals surface area contributed by atoms with Gasteiger partial charge in [0, 0.05) is 35.7 Å². The number of hydrogen-bond donors (Lipinski definition) is 0. The van der Waals surface area contributed by atoms with Crippen LogP contribution < -0.4 is 5.56 Å². The van der Waals surface area contributed by atoms with Crippen LogP contribution in [0, 0.1) is 0 Å². The van der Waals surface area contributed by atoms with Crippen LogP contribution in [0.15, 0.2) is 41.2 Å². The van der Waals surface area contributed by atoms with Gasteiger partial charge in [-0.2, -0.15) is 5.10 Å². The van der Waals surface area contributed by atoms with Crippen molar-refractivity contribution in [2.45, 2.75) is 37.6 Å². The summed E-state index contributed by atoms with van der Waals surface area (Å²) in [6.07, 6.45) is 3.83. The third-order valence-corrected chi connectivity index (χ3v) is 5.28. The van der Waals surface area contributed by atoms with Crippen molar-refractivity contribution in [1.82, 2.24) is 14.7 Å². The van der Waals surface area contributed by atoms with Crippen molar-refractivity contribution in [3.05, 3.63) is 63.0 Å². The number of likely N-dealkylation sites (tertiary alicyclic amines) is 1. The van der Waals surface area contributed by atoms with Crippen molar-refractivity contribution in [2.75, 3.05) is 13.1 Å². The molecular formula is C19H20ClN3O2. The summed E-state index contributed by atoms with van der Waals surface area (Å²) in [4.78, 5) is 26.6. The van der Waals surface area contributed by atoms with Crippen LogP contribution in [-0.4, -0.2) is 33.7 Å². The molecule has 2 aliphatic rings. The van der Waals surface area contributed by atoms with E-state index in [9.17, 15) is 9.59 Å². The Morgan fingerprint density at radius 1 is 1.00 bits per heavy atom. The first kappa shape index (κ1) is 16.3. The Kier molecular flexibility index (Phi) is 4.34. The normalized spacial score (nSPS) is 18.4. The molecule has 5 nitrogen and oxygen atoms in total. The van der Waals surface area contributed by atoms with Crippen LogP contribution in [0.2, 0.25) is 5.02 Å². The quantitative estimate of drug-likeness (QED) is 0.847. The lowest BCUT2D eigenvalue weighted by molar-refractivity contribution is 0.0687. The molecule has 6 heteroatoms. The number of aromatic nitrogens is 2. The predicted molar refractivity (Wildman–Crippen MR) is 96.1 cm³/mol. The molecule has 2 aromatic rings. The van der Waals surface area contributed by atoms with Crippen molar-refractivity contribution in [2.24, 2.45) is 0 Å². The van der Waals surface area contributed by atoms with E-state index in [1.54, 1.807) is 35.0 Å². The lowest BCUT2D eigenvalue weighted by Crippen LogP contribution is -2.41. The molecule has 1 aromatic heterocycles. The van der Waals surface area contributed by atoms with E-state index >= 15 is 0 Å². The largest absolute Gasteiger partial charge is 0.338 e. The summed E-state index contributed by atoms with van der Waals surface area (Å²) in [7, 11) is 0. The molecule has 1 amide bonds. The fourth-order valence-corrected chi connectivity index (χ4v) is 3.51. The zero-order valence-corrected chi connectivity index (χ0v) is 14.7. The van der Waals surface area contributed by atoms with Crippen LogP contribution in [0.4, 0.5) is 0 Å². The second kappa shape index (κ2) is 6.64. The fraction of sp³-hybridized carbons (Fsp3) is 0.421. The topological polar surface area (TPSA) is 55.2 Å². The highest BCUT2D eigenvalue weighted by atomic mass is 35.5. The summed E-state index contributed by atoms with van der Waals surface area (Å²) in [5.41, 5.74) is 1.63. The molecule has 0 bridgehead atoms. The van der Waals surface area contributed by atoms with Crippen molar-refractivity contribution in [1.29, 1.82) is 0 Å². The maximum Gasteiger partial charge on any atom is 0.267 e. The minimum absolute atomic E-state index is 0.0159. The lowest BCUT2D eigenvalue weighted by atomic mass is 10.0. The van der Waals surface area contributed by atoms with Gasteiger partial charge in [0.25, 0.3) is 11.5 Å². The van der Waals surface area contributed by atoms with Gasteiger partial charge in [0.15, 0.2) is 0 Å². The van der Waals surface area contributed by atoms with Gasteiger partial charge in [-0.05, 0) is 56.0 Å². The van der Waals surface area contributed by atoms with E-state index in [2.05, 4.69) is 5.10 Å². The van der Waals surface area contributed by atoms with E-state index in [1.165, 1.54) is 12.8 Å². The number of benzene rings is 1. The molecule has 1 saturated heterocycles. The number of hydrogen-bond acceptors (Lipinski definition) is 3. The Labute approximate surface area is 151 Å². The van der Waals surface area contributed by atoms with Crippen LogP contribution in [-0.2, 0) is 0 Å². The third-order valence-electron chi connectivity index (χ3n) is 5.03. The van der Waals surface area contributed by atoms with E-state index in [4.69, 9.17) is 11.6 Å². The zero-order valence-electron chi connectivity index (χ0n) is 13.9. The zero-order chi connectivity index (χ0) is 17.4. The summed E-state index contributed by atoms with van der Waals surface area (Å²) in [5, 5.41) is 5.20. The summed E-state index contributed by atoms with van der Waals surface area (Å²) in [6.45, 7) is 1.27. The Bertz CT molecular complexity index is 834. The number of rotatable bonds is 3. The van der Waals surface area contributed by atoms with Gasteiger partial charge in [-0.25, -0.2) is 4.68 Å². The van der Waals surface area contributed by atoms with Gasteiger partial charge >= 0.3 is 0 Å². The molecule has 1 aromatic carbocycles. The molecule has 0 atom stereocenters. The number of carbonyl (C=O) groups is 1. The van der Waals surface area contributed by atoms with E-state index in [0.717, 1.165) is 18.5 Å². The molecule has 2 fully saturated rings. The summed E-state index contributed by atoms with van der Waals surface area (Å²) in [5.74, 6) is 0.542. The number of halogens is 1. The van der Waals surface area contributed by atoms with Gasteiger partial charge in [0.1, 0.15) is 0 Å². The van der Waals surface area contributed by atoms with Crippen molar-refractivity contribution in [3.63, 3.8) is 0 Å². The smallest absolute Gasteiger partial charge is 0.267 e. The highest BCUT2D eigenvalue weighted by Crippen LogP contribution is 2.38. The molecular weight excluding hydrogens is 338 g/mol. The number of piperidine rings is 1. The molecule has 0 unspecified atom stereocenters. The van der Waals surface area contributed by atoms with Crippen LogP contribution in [0.5, 0.6) is 0 Å². The molecule has 1 aliphatic carbocycles. The van der Waals surface area contributed by atoms with Gasteiger partial charge in [-0.3, -0.25) is 9.59 Å². The van der Waals surface area contributed by atoms with Crippen LogP contribution in [0.3, 0.4) is 0 Å². The first-order valence-electron chi connectivity index (χ1n) is 8.76. The molecule has 2 heterocycles. The second-order valence-electron chi connectivity index (χ2n) is 6.85. The van der Waals surface area contributed by atoms with Crippen LogP contribution >= 0.6 is 11.6 Å². The van der Waals surface area contributed by atoms with E-state index < -0.39 is 0 Å². The first-order valence-corrected chi connectivity index (χ1v) is 9.14. The molecule has 0 spiro atoms. The highest BCUT2D eigenvalue weighted by molar-refractivity contribution is 6.30. The average molecular weight is 358 g/mol. The van der Waals surface area contributed by atoms with Gasteiger partial charge in [0.2, 0.25) is 0 Å². The number of nitrogens with zero attached hydrogens (tertiary/aromatic N) is 3. The molecule has 1 saturated carbocycles. The van der Waals surface area contributed by atoms with Crippen LogP contribution in [0.1, 0.15) is 53.7 Å². The maximum atomic E-state index is 12.6. The Morgan fingerprint density at radius 2 is 1.68 bits per heavy atom. The Hall–Kier alpha value is -2.14. The maximum absolute atomic E-state index is 12.6. The van der Waals surface area contributed by atoms with Crippen molar-refractivity contribution < 1.29 is 4.79 Å². The molecule has 25 heavy (non-hydrogen) atoms. The number of carbonyl (C=O) groups excluding carboxylic acids is 1. The first-order chi connectivity index (χ1) is 12.1. The molecule has 4 rings (SSSR count). The summed E-state index contributed by atoms with van der Waals surface area (Å²) >= 11 is 5.88. The SMILES string of the molecule is O=C(c1ccc(Cl)cc1)N1CCC(n2nc(C3CC3)ccc2=O)CC1. The van der Waals surface area contributed by atoms with Crippen LogP contribution in [0.25, 0.3) is 0 Å². The van der Waals surface area contributed by atoms with Gasteiger partial charge < -0.3 is 4.90 Å². The molecule has 130 valence electrons. The number of amides is 1. The van der Waals surface area contributed by atoms with E-state index in [0.29, 0.717) is 29.6 Å². The fourth-order valence-electron chi connectivity index (χ4n) is 3.39. The molecule has 1 aliphatic heterocycles. The molecule has 0 N–H and O–H groups in total. The monoisotopic (exact) mass is 357 g/mol. The van der Waals surface area contributed by atoms with Crippen molar-refractivity contribution in [3.8, 4) is 0 Å². The standard InChI is InChI=1S/C19H20ClN3O2/c20-15-5-3-14(4-6-15)19(25)22-11-9-16(10-12-22)23-18(24)8-7-17(21-23)13-1-2-13/h3-8,13,16H,1-2,9-12H2. The predicted octanol–water partition coefficient (Wildman–Crippen LogP) is 3.25.